The highest BCUT2D eigenvalue weighted by Crippen LogP contribution is 2.40. The summed E-state index contributed by atoms with van der Waals surface area (Å²) < 4.78 is 114. The molecular weight excluding hydrogens is 560 g/mol. The highest BCUT2D eigenvalue weighted by Gasteiger charge is 2.45. The summed E-state index contributed by atoms with van der Waals surface area (Å²) in [5.74, 6) is -2.00. The predicted octanol–water partition coefficient (Wildman–Crippen LogP) is 7.81. The van der Waals surface area contributed by atoms with Gasteiger partial charge in [0, 0.05) is 12.5 Å². The number of nitrogens with one attached hydrogen (secondary N) is 2. The van der Waals surface area contributed by atoms with E-state index in [1.807, 2.05) is 0 Å². The number of amides is 2. The molecule has 2 amide bonds. The molecule has 1 unspecified atom stereocenters. The van der Waals surface area contributed by atoms with Gasteiger partial charge in [-0.25, -0.2) is 9.18 Å². The fourth-order valence-electron chi connectivity index (χ4n) is 4.97. The topological polar surface area (TPSA) is 50.4 Å². The lowest BCUT2D eigenvalue weighted by Gasteiger charge is -2.37. The third kappa shape index (κ3) is 7.28. The minimum Gasteiger partial charge on any atom is -0.428 e. The van der Waals surface area contributed by atoms with Crippen LogP contribution in [0.5, 0.6) is 5.75 Å². The van der Waals surface area contributed by atoms with Crippen molar-refractivity contribution in [3.63, 3.8) is 0 Å². The molecule has 3 aromatic carbocycles. The lowest BCUT2D eigenvalue weighted by molar-refractivity contribution is -0.253. The summed E-state index contributed by atoms with van der Waals surface area (Å²) in [5, 5.41) is 5.45. The van der Waals surface area contributed by atoms with Crippen LogP contribution < -0.4 is 15.4 Å². The van der Waals surface area contributed by atoms with Crippen LogP contribution in [0.4, 0.5) is 39.9 Å². The number of hydrogen-bond donors (Lipinski definition) is 2. The van der Waals surface area contributed by atoms with E-state index in [9.17, 15) is 39.9 Å². The van der Waals surface area contributed by atoms with E-state index in [2.05, 4.69) is 15.4 Å². The van der Waals surface area contributed by atoms with Gasteiger partial charge in [0.2, 0.25) is 0 Å². The van der Waals surface area contributed by atoms with Gasteiger partial charge in [0.1, 0.15) is 11.6 Å². The Morgan fingerprint density at radius 3 is 2.15 bits per heavy atom. The van der Waals surface area contributed by atoms with Gasteiger partial charge in [-0.2, -0.15) is 30.7 Å². The second-order valence-corrected chi connectivity index (χ2v) is 9.87. The fourth-order valence-corrected chi connectivity index (χ4v) is 4.97. The zero-order valence-corrected chi connectivity index (χ0v) is 21.5. The molecule has 2 N–H and O–H groups in total. The quantitative estimate of drug-likeness (QED) is 0.252. The minimum atomic E-state index is -4.97. The van der Waals surface area contributed by atoms with Gasteiger partial charge >= 0.3 is 24.7 Å². The van der Waals surface area contributed by atoms with Crippen molar-refractivity contribution in [1.82, 2.24) is 10.6 Å². The standard InChI is InChI=1S/C29H26F8N2O2/c30-22-14-20(13-21(15-22)28(33,34)35)27(17-18-7-2-1-3-8-18,39-26(40)38-23-10-4-5-11-23)19-9-6-12-24(16-19)41-29(36,37)25(31)32/h1-3,6-9,12-16,23,25H,4-5,10-11,17H2,(H2,38,39,40). The summed E-state index contributed by atoms with van der Waals surface area (Å²) in [6, 6.07) is 13.2. The Labute approximate surface area is 230 Å². The molecule has 1 aliphatic carbocycles. The van der Waals surface area contributed by atoms with Gasteiger partial charge in [-0.05, 0) is 59.9 Å². The van der Waals surface area contributed by atoms with E-state index in [-0.39, 0.29) is 29.7 Å². The van der Waals surface area contributed by atoms with Crippen molar-refractivity contribution in [2.24, 2.45) is 0 Å². The molecule has 1 fully saturated rings. The molecule has 0 radical (unpaired) electrons. The van der Waals surface area contributed by atoms with E-state index in [1.54, 1.807) is 30.3 Å². The monoisotopic (exact) mass is 586 g/mol. The van der Waals surface area contributed by atoms with E-state index in [0.717, 1.165) is 37.1 Å². The van der Waals surface area contributed by atoms with Crippen LogP contribution in [0, 0.1) is 5.82 Å². The number of urea groups is 1. The van der Waals surface area contributed by atoms with Crippen LogP contribution in [0.25, 0.3) is 0 Å². The van der Waals surface area contributed by atoms with Crippen LogP contribution in [0.15, 0.2) is 72.8 Å². The molecule has 220 valence electrons. The van der Waals surface area contributed by atoms with Crippen LogP contribution in [0.2, 0.25) is 0 Å². The largest absolute Gasteiger partial charge is 0.461 e. The van der Waals surface area contributed by atoms with E-state index in [1.165, 1.54) is 6.07 Å². The van der Waals surface area contributed by atoms with Crippen molar-refractivity contribution in [2.45, 2.75) is 62.4 Å². The van der Waals surface area contributed by atoms with Gasteiger partial charge < -0.3 is 15.4 Å². The van der Waals surface area contributed by atoms with Gasteiger partial charge in [0.15, 0.2) is 0 Å². The van der Waals surface area contributed by atoms with Crippen molar-refractivity contribution in [3.05, 3.63) is 101 Å². The molecule has 1 aliphatic rings. The van der Waals surface area contributed by atoms with Crippen molar-refractivity contribution >= 4 is 6.03 Å². The average molecular weight is 587 g/mol. The number of benzene rings is 3. The summed E-state index contributed by atoms with van der Waals surface area (Å²) in [5.41, 5.74) is -3.32. The number of alkyl halides is 7. The van der Waals surface area contributed by atoms with Crippen LogP contribution >= 0.6 is 0 Å². The molecule has 1 saturated carbocycles. The van der Waals surface area contributed by atoms with Gasteiger partial charge in [-0.3, -0.25) is 0 Å². The molecule has 3 aromatic rings. The smallest absolute Gasteiger partial charge is 0.428 e. The molecule has 12 heteroatoms. The van der Waals surface area contributed by atoms with E-state index < -0.39 is 47.4 Å². The molecule has 0 spiro atoms. The molecule has 4 nitrogen and oxygen atoms in total. The fraction of sp³-hybridized carbons (Fsp3) is 0.345. The van der Waals surface area contributed by atoms with Crippen molar-refractivity contribution in [3.8, 4) is 5.75 Å². The molecule has 41 heavy (non-hydrogen) atoms. The normalized spacial score (nSPS) is 15.9. The van der Waals surface area contributed by atoms with Gasteiger partial charge in [-0.15, -0.1) is 0 Å². The van der Waals surface area contributed by atoms with Crippen molar-refractivity contribution < 1.29 is 44.7 Å². The Kier molecular flexibility index (Phi) is 8.79. The number of rotatable bonds is 9. The maximum Gasteiger partial charge on any atom is 0.461 e. The van der Waals surface area contributed by atoms with E-state index >= 15 is 0 Å². The van der Waals surface area contributed by atoms with Crippen LogP contribution in [0.3, 0.4) is 0 Å². The van der Waals surface area contributed by atoms with Crippen LogP contribution in [-0.4, -0.2) is 24.6 Å². The first-order valence-corrected chi connectivity index (χ1v) is 12.7. The summed E-state index contributed by atoms with van der Waals surface area (Å²) in [7, 11) is 0. The molecule has 0 bridgehead atoms. The van der Waals surface area contributed by atoms with E-state index in [0.29, 0.717) is 24.5 Å². The zero-order valence-electron chi connectivity index (χ0n) is 21.5. The number of ether oxygens (including phenoxy) is 1. The predicted molar refractivity (Wildman–Crippen MR) is 134 cm³/mol. The second kappa shape index (κ2) is 12.0. The first-order valence-electron chi connectivity index (χ1n) is 12.7. The number of carbonyl (C=O) groups excluding carboxylic acids is 1. The number of hydrogen-bond acceptors (Lipinski definition) is 2. The molecule has 0 aromatic heterocycles. The lowest BCUT2D eigenvalue weighted by Crippen LogP contribution is -2.53. The Bertz CT molecular complexity index is 1340. The molecule has 4 rings (SSSR count). The summed E-state index contributed by atoms with van der Waals surface area (Å²) in [4.78, 5) is 13.3. The maximum absolute atomic E-state index is 14.8. The minimum absolute atomic E-state index is 0.107. The van der Waals surface area contributed by atoms with Crippen molar-refractivity contribution in [2.75, 3.05) is 0 Å². The molecule has 0 saturated heterocycles. The van der Waals surface area contributed by atoms with Crippen LogP contribution in [-0.2, 0) is 18.1 Å². The van der Waals surface area contributed by atoms with Crippen LogP contribution in [0.1, 0.15) is 47.9 Å². The average Bonchev–Trinajstić information content (AvgIpc) is 3.40. The van der Waals surface area contributed by atoms with Gasteiger partial charge in [-0.1, -0.05) is 55.3 Å². The lowest BCUT2D eigenvalue weighted by atomic mass is 9.77. The van der Waals surface area contributed by atoms with Gasteiger partial charge in [0.05, 0.1) is 11.1 Å². The highest BCUT2D eigenvalue weighted by atomic mass is 19.4. The van der Waals surface area contributed by atoms with Crippen molar-refractivity contribution in [1.29, 1.82) is 0 Å². The summed E-state index contributed by atoms with van der Waals surface area (Å²) >= 11 is 0. The third-order valence-electron chi connectivity index (χ3n) is 6.88. The summed E-state index contributed by atoms with van der Waals surface area (Å²) in [6.07, 6.45) is -11.2. The van der Waals surface area contributed by atoms with E-state index in [4.69, 9.17) is 0 Å². The first-order chi connectivity index (χ1) is 19.3. The Balaban J connectivity index is 1.92. The molecular formula is C29H26F8N2O2. The maximum atomic E-state index is 14.8. The number of halogens is 8. The first kappa shape index (κ1) is 30.1. The van der Waals surface area contributed by atoms with Gasteiger partial charge in [0.25, 0.3) is 0 Å². The SMILES string of the molecule is O=C(NC1CCCC1)NC(Cc1ccccc1)(c1cccc(OC(F)(F)C(F)F)c1)c1cc(F)cc(C(F)(F)F)c1. The highest BCUT2D eigenvalue weighted by molar-refractivity contribution is 5.76. The summed E-state index contributed by atoms with van der Waals surface area (Å²) in [6.45, 7) is 0. The zero-order chi connectivity index (χ0) is 29.8. The Hall–Kier alpha value is -3.83. The Morgan fingerprint density at radius 1 is 0.854 bits per heavy atom. The second-order valence-electron chi connectivity index (χ2n) is 9.87. The molecule has 0 aliphatic heterocycles. The molecule has 1 atom stereocenters. The Morgan fingerprint density at radius 2 is 1.51 bits per heavy atom. The number of carbonyl (C=O) groups is 1. The third-order valence-corrected chi connectivity index (χ3v) is 6.88. The molecule has 0 heterocycles.